The average Bonchev–Trinajstić information content (AvgIpc) is 2.49. The van der Waals surface area contributed by atoms with E-state index < -0.39 is 0 Å². The molecule has 3 nitrogen and oxygen atoms in total. The molecule has 0 saturated carbocycles. The van der Waals surface area contributed by atoms with Gasteiger partial charge in [-0.2, -0.15) is 11.8 Å². The Hall–Kier alpha value is -1.00. The van der Waals surface area contributed by atoms with Crippen molar-refractivity contribution in [1.82, 2.24) is 10.2 Å². The fraction of sp³-hybridized carbons (Fsp3) is 0.562. The van der Waals surface area contributed by atoms with E-state index >= 15 is 0 Å². The van der Waals surface area contributed by atoms with Crippen LogP contribution in [0, 0.1) is 0 Å². The fourth-order valence-electron chi connectivity index (χ4n) is 3.00. The van der Waals surface area contributed by atoms with Crippen molar-refractivity contribution in [3.8, 4) is 0 Å². The van der Waals surface area contributed by atoms with Crippen LogP contribution in [0.4, 0.5) is 0 Å². The van der Waals surface area contributed by atoms with Gasteiger partial charge in [-0.3, -0.25) is 4.79 Å². The molecule has 2 heterocycles. The summed E-state index contributed by atoms with van der Waals surface area (Å²) >= 11 is 1.96. The summed E-state index contributed by atoms with van der Waals surface area (Å²) in [7, 11) is 0. The number of rotatable bonds is 1. The summed E-state index contributed by atoms with van der Waals surface area (Å²) in [5.41, 5.74) is 3.52. The van der Waals surface area contributed by atoms with Crippen LogP contribution in [-0.2, 0) is 13.0 Å². The molecule has 2 atom stereocenters. The zero-order valence-electron chi connectivity index (χ0n) is 12.2. The van der Waals surface area contributed by atoms with Crippen molar-refractivity contribution >= 4 is 17.7 Å². The Balaban J connectivity index is 1.83. The number of fused-ring (bicyclic) bond motifs is 1. The summed E-state index contributed by atoms with van der Waals surface area (Å²) in [5, 5.41) is 3.89. The zero-order chi connectivity index (χ0) is 14.1. The van der Waals surface area contributed by atoms with E-state index in [-0.39, 0.29) is 5.91 Å². The van der Waals surface area contributed by atoms with Crippen molar-refractivity contribution in [2.75, 3.05) is 18.8 Å². The first-order valence-electron chi connectivity index (χ1n) is 7.42. The molecule has 0 radical (unpaired) electrons. The molecule has 0 bridgehead atoms. The summed E-state index contributed by atoms with van der Waals surface area (Å²) in [6.45, 7) is 7.17. The van der Waals surface area contributed by atoms with E-state index in [9.17, 15) is 4.79 Å². The van der Waals surface area contributed by atoms with Gasteiger partial charge < -0.3 is 10.2 Å². The summed E-state index contributed by atoms with van der Waals surface area (Å²) in [4.78, 5) is 14.8. The summed E-state index contributed by atoms with van der Waals surface area (Å²) in [5.74, 6) is 1.24. The van der Waals surface area contributed by atoms with Crippen LogP contribution in [0.3, 0.4) is 0 Å². The van der Waals surface area contributed by atoms with Gasteiger partial charge in [-0.1, -0.05) is 13.0 Å². The topological polar surface area (TPSA) is 32.3 Å². The van der Waals surface area contributed by atoms with Crippen LogP contribution in [-0.4, -0.2) is 40.9 Å². The van der Waals surface area contributed by atoms with Gasteiger partial charge in [0.25, 0.3) is 5.91 Å². The minimum absolute atomic E-state index is 0.193. The first kappa shape index (κ1) is 14.0. The van der Waals surface area contributed by atoms with Crippen molar-refractivity contribution in [3.05, 3.63) is 34.9 Å². The lowest BCUT2D eigenvalue weighted by Gasteiger charge is -2.37. The zero-order valence-corrected chi connectivity index (χ0v) is 13.0. The molecule has 1 aromatic carbocycles. The van der Waals surface area contributed by atoms with E-state index in [0.717, 1.165) is 37.4 Å². The van der Waals surface area contributed by atoms with Crippen LogP contribution < -0.4 is 5.32 Å². The maximum absolute atomic E-state index is 12.7. The van der Waals surface area contributed by atoms with E-state index in [2.05, 4.69) is 31.3 Å². The molecule has 1 amide bonds. The highest BCUT2D eigenvalue weighted by Crippen LogP contribution is 2.26. The van der Waals surface area contributed by atoms with Crippen LogP contribution >= 0.6 is 11.8 Å². The molecule has 0 aliphatic carbocycles. The predicted molar refractivity (Wildman–Crippen MR) is 84.3 cm³/mol. The van der Waals surface area contributed by atoms with Gasteiger partial charge in [0.1, 0.15) is 0 Å². The Morgan fingerprint density at radius 3 is 3.05 bits per heavy atom. The number of carbonyl (C=O) groups excluding carboxylic acids is 1. The number of hydrogen-bond donors (Lipinski definition) is 1. The number of nitrogens with one attached hydrogen (secondary N) is 1. The highest BCUT2D eigenvalue weighted by atomic mass is 32.2. The maximum atomic E-state index is 12.7. The number of amides is 1. The number of hydrogen-bond acceptors (Lipinski definition) is 3. The number of carbonyl (C=O) groups is 1. The molecule has 0 aromatic heterocycles. The molecule has 2 unspecified atom stereocenters. The molecule has 3 rings (SSSR count). The summed E-state index contributed by atoms with van der Waals surface area (Å²) in [6, 6.07) is 6.54. The molecule has 2 aliphatic rings. The summed E-state index contributed by atoms with van der Waals surface area (Å²) in [6.07, 6.45) is 1.07. The molecule has 108 valence electrons. The summed E-state index contributed by atoms with van der Waals surface area (Å²) < 4.78 is 0. The normalized spacial score (nSPS) is 26.2. The number of thioether (sulfide) groups is 1. The molecular formula is C16H22N2OS. The molecule has 1 aromatic rings. The Morgan fingerprint density at radius 1 is 1.35 bits per heavy atom. The van der Waals surface area contributed by atoms with Gasteiger partial charge in [0.15, 0.2) is 0 Å². The third-order valence-electron chi connectivity index (χ3n) is 4.48. The Labute approximate surface area is 125 Å². The van der Waals surface area contributed by atoms with Gasteiger partial charge in [-0.15, -0.1) is 0 Å². The molecule has 0 spiro atoms. The first-order valence-corrected chi connectivity index (χ1v) is 8.47. The van der Waals surface area contributed by atoms with Crippen molar-refractivity contribution in [2.45, 2.75) is 38.1 Å². The van der Waals surface area contributed by atoms with Gasteiger partial charge in [0.05, 0.1) is 0 Å². The van der Waals surface area contributed by atoms with Crippen LogP contribution in [0.5, 0.6) is 0 Å². The van der Waals surface area contributed by atoms with E-state index in [1.54, 1.807) is 0 Å². The molecule has 20 heavy (non-hydrogen) atoms. The third kappa shape index (κ3) is 2.59. The number of nitrogens with zero attached hydrogens (tertiary/aromatic N) is 1. The standard InChI is InChI=1S/C16H22N2OS/c1-11-12(2)20-8-7-18(11)16(19)14-4-3-13-5-6-17-10-15(13)9-14/h3-4,9,11-12,17H,5-8,10H2,1-2H3. The van der Waals surface area contributed by atoms with Gasteiger partial charge in [-0.25, -0.2) is 0 Å². The Bertz CT molecular complexity index is 517. The van der Waals surface area contributed by atoms with E-state index in [4.69, 9.17) is 0 Å². The van der Waals surface area contributed by atoms with Crippen molar-refractivity contribution in [1.29, 1.82) is 0 Å². The van der Waals surface area contributed by atoms with E-state index in [0.29, 0.717) is 11.3 Å². The van der Waals surface area contributed by atoms with Crippen LogP contribution in [0.2, 0.25) is 0 Å². The lowest BCUT2D eigenvalue weighted by Crippen LogP contribution is -2.48. The molecule has 1 N–H and O–H groups in total. The van der Waals surface area contributed by atoms with Gasteiger partial charge in [0.2, 0.25) is 0 Å². The number of benzene rings is 1. The van der Waals surface area contributed by atoms with Crippen LogP contribution in [0.15, 0.2) is 18.2 Å². The smallest absolute Gasteiger partial charge is 0.254 e. The monoisotopic (exact) mass is 290 g/mol. The third-order valence-corrected chi connectivity index (χ3v) is 5.82. The molecular weight excluding hydrogens is 268 g/mol. The average molecular weight is 290 g/mol. The largest absolute Gasteiger partial charge is 0.334 e. The van der Waals surface area contributed by atoms with Gasteiger partial charge in [-0.05, 0) is 43.1 Å². The second-order valence-electron chi connectivity index (χ2n) is 5.73. The van der Waals surface area contributed by atoms with Crippen molar-refractivity contribution in [2.24, 2.45) is 0 Å². The lowest BCUT2D eigenvalue weighted by atomic mass is 9.98. The maximum Gasteiger partial charge on any atom is 0.254 e. The highest BCUT2D eigenvalue weighted by Gasteiger charge is 2.29. The molecule has 2 aliphatic heterocycles. The van der Waals surface area contributed by atoms with Gasteiger partial charge >= 0.3 is 0 Å². The minimum Gasteiger partial charge on any atom is -0.334 e. The first-order chi connectivity index (χ1) is 9.66. The Kier molecular flexibility index (Phi) is 4.03. The predicted octanol–water partition coefficient (Wildman–Crippen LogP) is 2.30. The van der Waals surface area contributed by atoms with Gasteiger partial charge in [0, 0.05) is 35.7 Å². The second kappa shape index (κ2) is 5.78. The van der Waals surface area contributed by atoms with Crippen LogP contribution in [0.1, 0.15) is 35.3 Å². The Morgan fingerprint density at radius 2 is 2.20 bits per heavy atom. The van der Waals surface area contributed by atoms with E-state index in [1.165, 1.54) is 11.1 Å². The van der Waals surface area contributed by atoms with Crippen molar-refractivity contribution in [3.63, 3.8) is 0 Å². The molecule has 4 heteroatoms. The molecule has 1 saturated heterocycles. The quantitative estimate of drug-likeness (QED) is 0.861. The van der Waals surface area contributed by atoms with Crippen LogP contribution in [0.25, 0.3) is 0 Å². The molecule has 1 fully saturated rings. The van der Waals surface area contributed by atoms with Crippen molar-refractivity contribution < 1.29 is 4.79 Å². The highest BCUT2D eigenvalue weighted by molar-refractivity contribution is 8.00. The fourth-order valence-corrected chi connectivity index (χ4v) is 4.10. The lowest BCUT2D eigenvalue weighted by molar-refractivity contribution is 0.0698. The SMILES string of the molecule is CC1SCCN(C(=O)c2ccc3c(c2)CNCC3)C1C. The minimum atomic E-state index is 0.193. The second-order valence-corrected chi connectivity index (χ2v) is 7.21. The van der Waals surface area contributed by atoms with E-state index in [1.807, 2.05) is 22.7 Å².